The Morgan fingerprint density at radius 2 is 1.75 bits per heavy atom. The molecule has 88 valence electrons. The zero-order valence-electron chi connectivity index (χ0n) is 10.0. The van der Waals surface area contributed by atoms with Crippen LogP contribution < -0.4 is 4.90 Å². The standard InChI is InChI=1S/C14H21NO/c1-15(11-12-5-3-2-4-6-12)13-7-9-14(16)10-8-13/h7-10,12,16H,2-6,11H2,1H3. The Bertz CT molecular complexity index is 314. The number of phenols is 1. The lowest BCUT2D eigenvalue weighted by Crippen LogP contribution is -2.26. The molecule has 2 heteroatoms. The van der Waals surface area contributed by atoms with Gasteiger partial charge in [-0.15, -0.1) is 0 Å². The van der Waals surface area contributed by atoms with E-state index in [2.05, 4.69) is 11.9 Å². The number of rotatable bonds is 3. The monoisotopic (exact) mass is 219 g/mol. The van der Waals surface area contributed by atoms with Gasteiger partial charge < -0.3 is 10.0 Å². The third-order valence-electron chi connectivity index (χ3n) is 3.55. The highest BCUT2D eigenvalue weighted by atomic mass is 16.3. The lowest BCUT2D eigenvalue weighted by atomic mass is 9.89. The van der Waals surface area contributed by atoms with Crippen molar-refractivity contribution in [3.05, 3.63) is 24.3 Å². The minimum absolute atomic E-state index is 0.342. The first kappa shape index (κ1) is 11.3. The van der Waals surface area contributed by atoms with Crippen LogP contribution in [0, 0.1) is 5.92 Å². The molecule has 1 aromatic carbocycles. The highest BCUT2D eigenvalue weighted by Gasteiger charge is 2.15. The molecule has 1 N–H and O–H groups in total. The van der Waals surface area contributed by atoms with Gasteiger partial charge in [0.25, 0.3) is 0 Å². The van der Waals surface area contributed by atoms with E-state index in [9.17, 15) is 5.11 Å². The molecule has 0 spiro atoms. The first-order valence-electron chi connectivity index (χ1n) is 6.26. The maximum absolute atomic E-state index is 9.24. The van der Waals surface area contributed by atoms with Crippen LogP contribution in [0.3, 0.4) is 0 Å². The first-order valence-corrected chi connectivity index (χ1v) is 6.26. The molecular weight excluding hydrogens is 198 g/mol. The summed E-state index contributed by atoms with van der Waals surface area (Å²) in [6.07, 6.45) is 6.96. The summed E-state index contributed by atoms with van der Waals surface area (Å²) in [5.74, 6) is 1.20. The molecule has 0 saturated heterocycles. The van der Waals surface area contributed by atoms with Crippen LogP contribution in [-0.2, 0) is 0 Å². The summed E-state index contributed by atoms with van der Waals surface area (Å²) in [7, 11) is 2.14. The van der Waals surface area contributed by atoms with Crippen molar-refractivity contribution in [3.8, 4) is 5.75 Å². The van der Waals surface area contributed by atoms with Gasteiger partial charge in [0.1, 0.15) is 5.75 Å². The summed E-state index contributed by atoms with van der Waals surface area (Å²) in [5.41, 5.74) is 1.20. The lowest BCUT2D eigenvalue weighted by Gasteiger charge is -2.28. The van der Waals surface area contributed by atoms with Gasteiger partial charge in [-0.3, -0.25) is 0 Å². The molecule has 0 aromatic heterocycles. The van der Waals surface area contributed by atoms with Crippen molar-refractivity contribution >= 4 is 5.69 Å². The number of phenolic OH excluding ortho intramolecular Hbond substituents is 1. The molecule has 0 heterocycles. The molecule has 1 fully saturated rings. The van der Waals surface area contributed by atoms with Crippen molar-refractivity contribution in [3.63, 3.8) is 0 Å². The quantitative estimate of drug-likeness (QED) is 0.842. The third kappa shape index (κ3) is 2.91. The van der Waals surface area contributed by atoms with Crippen LogP contribution in [0.5, 0.6) is 5.75 Å². The zero-order valence-corrected chi connectivity index (χ0v) is 10.0. The lowest BCUT2D eigenvalue weighted by molar-refractivity contribution is 0.362. The summed E-state index contributed by atoms with van der Waals surface area (Å²) in [5, 5.41) is 9.24. The minimum atomic E-state index is 0.342. The second-order valence-corrected chi connectivity index (χ2v) is 4.90. The van der Waals surface area contributed by atoms with E-state index < -0.39 is 0 Å². The maximum atomic E-state index is 9.24. The molecular formula is C14H21NO. The smallest absolute Gasteiger partial charge is 0.115 e. The first-order chi connectivity index (χ1) is 7.75. The zero-order chi connectivity index (χ0) is 11.4. The summed E-state index contributed by atoms with van der Waals surface area (Å²) in [6, 6.07) is 7.48. The fourth-order valence-corrected chi connectivity index (χ4v) is 2.57. The Kier molecular flexibility index (Phi) is 3.70. The van der Waals surface area contributed by atoms with Crippen molar-refractivity contribution in [2.45, 2.75) is 32.1 Å². The number of benzene rings is 1. The number of nitrogens with zero attached hydrogens (tertiary/aromatic N) is 1. The maximum Gasteiger partial charge on any atom is 0.115 e. The molecule has 0 amide bonds. The molecule has 2 rings (SSSR count). The molecule has 1 aliphatic rings. The summed E-state index contributed by atoms with van der Waals surface area (Å²) in [6.45, 7) is 1.14. The topological polar surface area (TPSA) is 23.5 Å². The molecule has 0 radical (unpaired) electrons. The Morgan fingerprint density at radius 1 is 1.12 bits per heavy atom. The number of hydrogen-bond acceptors (Lipinski definition) is 2. The van der Waals surface area contributed by atoms with Gasteiger partial charge >= 0.3 is 0 Å². The Morgan fingerprint density at radius 3 is 2.38 bits per heavy atom. The van der Waals surface area contributed by atoms with Crippen molar-refractivity contribution in [2.24, 2.45) is 5.92 Å². The molecule has 16 heavy (non-hydrogen) atoms. The number of hydrogen-bond donors (Lipinski definition) is 1. The summed E-state index contributed by atoms with van der Waals surface area (Å²) < 4.78 is 0. The summed E-state index contributed by atoms with van der Waals surface area (Å²) in [4.78, 5) is 2.30. The second-order valence-electron chi connectivity index (χ2n) is 4.90. The molecule has 0 unspecified atom stereocenters. The van der Waals surface area contributed by atoms with Crippen molar-refractivity contribution in [1.82, 2.24) is 0 Å². The Hall–Kier alpha value is -1.18. The van der Waals surface area contributed by atoms with Gasteiger partial charge in [-0.25, -0.2) is 0 Å². The van der Waals surface area contributed by atoms with Gasteiger partial charge in [-0.1, -0.05) is 19.3 Å². The molecule has 2 nitrogen and oxygen atoms in total. The van der Waals surface area contributed by atoms with Crippen LogP contribution in [-0.4, -0.2) is 18.7 Å². The van der Waals surface area contributed by atoms with Crippen molar-refractivity contribution < 1.29 is 5.11 Å². The van der Waals surface area contributed by atoms with Crippen LogP contribution in [0.25, 0.3) is 0 Å². The van der Waals surface area contributed by atoms with Gasteiger partial charge in [0.15, 0.2) is 0 Å². The van der Waals surface area contributed by atoms with Gasteiger partial charge in [0.05, 0.1) is 0 Å². The SMILES string of the molecule is CN(CC1CCCCC1)c1ccc(O)cc1. The van der Waals surface area contributed by atoms with Crippen LogP contribution >= 0.6 is 0 Å². The predicted octanol–water partition coefficient (Wildman–Crippen LogP) is 3.41. The Balaban J connectivity index is 1.91. The largest absolute Gasteiger partial charge is 0.508 e. The van der Waals surface area contributed by atoms with Gasteiger partial charge in [0.2, 0.25) is 0 Å². The highest BCUT2D eigenvalue weighted by Crippen LogP contribution is 2.26. The van der Waals surface area contributed by atoms with Gasteiger partial charge in [0, 0.05) is 19.3 Å². The molecule has 0 atom stereocenters. The average Bonchev–Trinajstić information content (AvgIpc) is 2.31. The van der Waals surface area contributed by atoms with E-state index in [1.807, 2.05) is 12.1 Å². The Labute approximate surface area is 97.9 Å². The number of aromatic hydroxyl groups is 1. The average molecular weight is 219 g/mol. The fraction of sp³-hybridized carbons (Fsp3) is 0.571. The van der Waals surface area contributed by atoms with Crippen molar-refractivity contribution in [2.75, 3.05) is 18.5 Å². The third-order valence-corrected chi connectivity index (χ3v) is 3.55. The van der Waals surface area contributed by atoms with Crippen LogP contribution in [0.4, 0.5) is 5.69 Å². The molecule has 0 bridgehead atoms. The normalized spacial score (nSPS) is 17.3. The van der Waals surface area contributed by atoms with Gasteiger partial charge in [-0.05, 0) is 43.0 Å². The van der Waals surface area contributed by atoms with E-state index in [0.29, 0.717) is 5.75 Å². The van der Waals surface area contributed by atoms with Crippen LogP contribution in [0.15, 0.2) is 24.3 Å². The summed E-state index contributed by atoms with van der Waals surface area (Å²) >= 11 is 0. The van der Waals surface area contributed by atoms with E-state index >= 15 is 0 Å². The highest BCUT2D eigenvalue weighted by molar-refractivity contribution is 5.48. The molecule has 1 aliphatic carbocycles. The van der Waals surface area contributed by atoms with Crippen LogP contribution in [0.1, 0.15) is 32.1 Å². The minimum Gasteiger partial charge on any atom is -0.508 e. The van der Waals surface area contributed by atoms with E-state index in [-0.39, 0.29) is 0 Å². The molecule has 0 aliphatic heterocycles. The van der Waals surface area contributed by atoms with E-state index in [0.717, 1.165) is 12.5 Å². The van der Waals surface area contributed by atoms with Crippen LogP contribution in [0.2, 0.25) is 0 Å². The van der Waals surface area contributed by atoms with Crippen molar-refractivity contribution in [1.29, 1.82) is 0 Å². The number of anilines is 1. The molecule has 1 saturated carbocycles. The van der Waals surface area contributed by atoms with E-state index in [1.54, 1.807) is 12.1 Å². The van der Waals surface area contributed by atoms with Gasteiger partial charge in [-0.2, -0.15) is 0 Å². The predicted molar refractivity (Wildman–Crippen MR) is 68.0 cm³/mol. The second kappa shape index (κ2) is 5.24. The fourth-order valence-electron chi connectivity index (χ4n) is 2.57. The van der Waals surface area contributed by atoms with E-state index in [1.165, 1.54) is 37.8 Å². The molecule has 1 aromatic rings. The van der Waals surface area contributed by atoms with E-state index in [4.69, 9.17) is 0 Å².